The van der Waals surface area contributed by atoms with Crippen LogP contribution in [0.5, 0.6) is 0 Å². The number of anilines is 1. The Balaban J connectivity index is 1.34. The fourth-order valence-electron chi connectivity index (χ4n) is 3.83. The van der Waals surface area contributed by atoms with Crippen LogP contribution in [0.2, 0.25) is 0 Å². The highest BCUT2D eigenvalue weighted by atomic mass is 32.2. The largest absolute Gasteiger partial charge is 0.477 e. The van der Waals surface area contributed by atoms with Crippen molar-refractivity contribution in [3.05, 3.63) is 40.8 Å². The Labute approximate surface area is 212 Å². The molecule has 184 valence electrons. The van der Waals surface area contributed by atoms with Crippen LogP contribution in [0.3, 0.4) is 0 Å². The van der Waals surface area contributed by atoms with Crippen molar-refractivity contribution in [1.82, 2.24) is 19.9 Å². The lowest BCUT2D eigenvalue weighted by atomic mass is 10.0. The van der Waals surface area contributed by atoms with E-state index in [0.29, 0.717) is 17.9 Å². The average Bonchev–Trinajstić information content (AvgIpc) is 3.40. The number of amides is 2. The number of thiazole rings is 1. The average molecular weight is 537 g/mol. The normalized spacial score (nSPS) is 22.4. The number of hydrogen-bond acceptors (Lipinski definition) is 10. The molecule has 3 aliphatic heterocycles. The summed E-state index contributed by atoms with van der Waals surface area (Å²) in [6.07, 6.45) is 3.60. The van der Waals surface area contributed by atoms with Crippen molar-refractivity contribution < 1.29 is 29.0 Å². The lowest BCUT2D eigenvalue weighted by Gasteiger charge is -2.49. The van der Waals surface area contributed by atoms with Gasteiger partial charge in [-0.3, -0.25) is 14.5 Å². The van der Waals surface area contributed by atoms with E-state index in [4.69, 9.17) is 10.6 Å². The van der Waals surface area contributed by atoms with Crippen LogP contribution >= 0.6 is 34.9 Å². The second-order valence-electron chi connectivity index (χ2n) is 8.06. The monoisotopic (exact) mass is 536 g/mol. The Morgan fingerprint density at radius 2 is 2.23 bits per heavy atom. The number of oxime groups is 1. The molecule has 0 bridgehead atoms. The van der Waals surface area contributed by atoms with Gasteiger partial charge >= 0.3 is 5.97 Å². The Hall–Kier alpha value is -3.04. The molecular weight excluding hydrogens is 514 g/mol. The number of nitrogens with one attached hydrogen (secondary N) is 1. The van der Waals surface area contributed by atoms with Gasteiger partial charge in [0.25, 0.3) is 11.8 Å². The van der Waals surface area contributed by atoms with Gasteiger partial charge in [0.1, 0.15) is 35.5 Å². The zero-order chi connectivity index (χ0) is 24.7. The maximum atomic E-state index is 13.1. The molecule has 4 N–H and O–H groups in total. The molecule has 0 radical (unpaired) electrons. The van der Waals surface area contributed by atoms with Crippen molar-refractivity contribution in [3.8, 4) is 0 Å². The molecule has 5 rings (SSSR count). The third-order valence-electron chi connectivity index (χ3n) is 5.73. The molecule has 0 saturated carbocycles. The number of aryl methyl sites for hydroxylation is 1. The number of carbonyl (C=O) groups excluding carboxylic acids is 2. The minimum atomic E-state index is -1.18. The molecule has 2 fully saturated rings. The quantitative estimate of drug-likeness (QED) is 0.177. The lowest BCUT2D eigenvalue weighted by molar-refractivity contribution is -0.752. The number of nitrogens with two attached hydrogens (primary N) is 1. The van der Waals surface area contributed by atoms with Gasteiger partial charge in [0.2, 0.25) is 0 Å². The summed E-state index contributed by atoms with van der Waals surface area (Å²) in [7, 11) is 1.85. The van der Waals surface area contributed by atoms with Gasteiger partial charge in [-0.05, 0) is 5.57 Å². The first-order valence-electron chi connectivity index (χ1n) is 10.6. The topological polar surface area (TPSA) is 156 Å². The molecular formula is C20H22N7O5S3+. The van der Waals surface area contributed by atoms with Gasteiger partial charge in [-0.25, -0.2) is 9.78 Å². The summed E-state index contributed by atoms with van der Waals surface area (Å²) >= 11 is 4.27. The summed E-state index contributed by atoms with van der Waals surface area (Å²) in [5, 5.41) is 17.9. The zero-order valence-corrected chi connectivity index (χ0v) is 20.9. The van der Waals surface area contributed by atoms with E-state index in [9.17, 15) is 19.5 Å². The van der Waals surface area contributed by atoms with Gasteiger partial charge in [-0.1, -0.05) is 5.16 Å². The molecule has 0 aliphatic carbocycles. The smallest absolute Gasteiger partial charge is 0.352 e. The second kappa shape index (κ2) is 9.54. The fourth-order valence-corrected chi connectivity index (χ4v) is 6.26. The van der Waals surface area contributed by atoms with Gasteiger partial charge in [0.15, 0.2) is 24.1 Å². The van der Waals surface area contributed by atoms with Crippen molar-refractivity contribution in [2.45, 2.75) is 24.1 Å². The number of carboxylic acid groups (broad SMARTS) is 1. The van der Waals surface area contributed by atoms with Gasteiger partial charge in [0, 0.05) is 28.7 Å². The van der Waals surface area contributed by atoms with Crippen LogP contribution in [-0.4, -0.2) is 77.9 Å². The van der Waals surface area contributed by atoms with E-state index in [1.165, 1.54) is 16.7 Å². The maximum absolute atomic E-state index is 13.1. The van der Waals surface area contributed by atoms with Crippen molar-refractivity contribution >= 4 is 63.5 Å². The lowest BCUT2D eigenvalue weighted by Crippen LogP contribution is -2.71. The number of carboxylic acids is 1. The SMILES string of the molecule is C[n+]1cccn1CC1=C(C(=O)O)N2C(=O)[C@@H](NC(=O)C(=NOC3CSC3)c3csc(N)n3)[C@H]2SC1. The number of β-lactam (4-membered cyclic amide) rings is 1. The number of carbonyl (C=O) groups is 3. The highest BCUT2D eigenvalue weighted by Gasteiger charge is 2.54. The number of fused-ring (bicyclic) bond motifs is 1. The Morgan fingerprint density at radius 3 is 2.83 bits per heavy atom. The Morgan fingerprint density at radius 1 is 1.43 bits per heavy atom. The summed E-state index contributed by atoms with van der Waals surface area (Å²) in [5.41, 5.74) is 6.49. The molecule has 0 aromatic carbocycles. The summed E-state index contributed by atoms with van der Waals surface area (Å²) in [6, 6.07) is 0.953. The van der Waals surface area contributed by atoms with Gasteiger partial charge < -0.3 is 21.0 Å². The summed E-state index contributed by atoms with van der Waals surface area (Å²) in [4.78, 5) is 49.1. The van der Waals surface area contributed by atoms with Crippen molar-refractivity contribution in [2.75, 3.05) is 23.0 Å². The van der Waals surface area contributed by atoms with E-state index in [2.05, 4.69) is 15.5 Å². The van der Waals surface area contributed by atoms with Gasteiger partial charge in [-0.15, -0.1) is 27.8 Å². The van der Waals surface area contributed by atoms with E-state index >= 15 is 0 Å². The maximum Gasteiger partial charge on any atom is 0.352 e. The summed E-state index contributed by atoms with van der Waals surface area (Å²) in [6.45, 7) is 0.338. The molecule has 2 saturated heterocycles. The van der Waals surface area contributed by atoms with Crippen LogP contribution in [0.15, 0.2) is 40.3 Å². The molecule has 3 aliphatic rings. The number of aliphatic carboxylic acids is 1. The van der Waals surface area contributed by atoms with Crippen molar-refractivity contribution in [2.24, 2.45) is 12.2 Å². The summed E-state index contributed by atoms with van der Waals surface area (Å²) in [5.74, 6) is -0.333. The number of nitrogen functional groups attached to an aromatic ring is 1. The first-order chi connectivity index (χ1) is 16.8. The minimum Gasteiger partial charge on any atom is -0.477 e. The molecule has 2 atom stereocenters. The standard InChI is InChI=1S/C20H21N7O5S3/c1-25-3-2-4-26(25)5-10-6-34-18-14(17(29)27(18)15(10)19(30)31)23-16(28)13(12-9-35-20(21)22-12)24-32-11-7-33-8-11/h2-4,9,11,14,18H,5-8H2,1H3,(H3-,21,22,23,28,30,31)/p+1/t14-,18-/m1/s1. The number of nitrogens with zero attached hydrogens (tertiary/aromatic N) is 5. The van der Waals surface area contributed by atoms with E-state index in [-0.39, 0.29) is 28.3 Å². The van der Waals surface area contributed by atoms with E-state index < -0.39 is 29.2 Å². The van der Waals surface area contributed by atoms with Gasteiger partial charge in [0.05, 0.1) is 6.20 Å². The number of thioether (sulfide) groups is 2. The highest BCUT2D eigenvalue weighted by Crippen LogP contribution is 2.40. The molecule has 2 amide bonds. The number of aromatic nitrogens is 3. The van der Waals surface area contributed by atoms with Crippen LogP contribution in [0.25, 0.3) is 0 Å². The molecule has 0 unspecified atom stereocenters. The van der Waals surface area contributed by atoms with Crippen LogP contribution < -0.4 is 15.7 Å². The first-order valence-corrected chi connectivity index (χ1v) is 13.7. The van der Waals surface area contributed by atoms with Crippen molar-refractivity contribution in [1.29, 1.82) is 0 Å². The third kappa shape index (κ3) is 4.50. The van der Waals surface area contributed by atoms with Crippen LogP contribution in [0.4, 0.5) is 5.13 Å². The van der Waals surface area contributed by atoms with Crippen LogP contribution in [-0.2, 0) is 32.8 Å². The molecule has 2 aromatic heterocycles. The molecule has 2 aromatic rings. The molecule has 12 nitrogen and oxygen atoms in total. The van der Waals surface area contributed by atoms with Crippen LogP contribution in [0, 0.1) is 0 Å². The third-order valence-corrected chi connectivity index (χ3v) is 8.96. The molecule has 5 heterocycles. The van der Waals surface area contributed by atoms with Crippen molar-refractivity contribution in [3.63, 3.8) is 0 Å². The zero-order valence-electron chi connectivity index (χ0n) is 18.5. The molecule has 35 heavy (non-hydrogen) atoms. The first kappa shape index (κ1) is 23.7. The van der Waals surface area contributed by atoms with Gasteiger partial charge in [-0.2, -0.15) is 16.4 Å². The van der Waals surface area contributed by atoms with E-state index in [1.54, 1.807) is 17.1 Å². The minimum absolute atomic E-state index is 0.0371. The van der Waals surface area contributed by atoms with Crippen LogP contribution in [0.1, 0.15) is 5.69 Å². The summed E-state index contributed by atoms with van der Waals surface area (Å²) < 4.78 is 3.69. The number of hydrogen-bond donors (Lipinski definition) is 3. The predicted octanol–water partition coefficient (Wildman–Crippen LogP) is -0.374. The molecule has 0 spiro atoms. The predicted molar refractivity (Wildman–Crippen MR) is 131 cm³/mol. The molecule has 15 heteroatoms. The highest BCUT2D eigenvalue weighted by molar-refractivity contribution is 8.00. The fraction of sp³-hybridized carbons (Fsp3) is 0.400. The van der Waals surface area contributed by atoms with E-state index in [1.807, 2.05) is 34.9 Å². The Kier molecular flexibility index (Phi) is 6.46. The Bertz CT molecular complexity index is 1250. The second-order valence-corrected chi connectivity index (χ2v) is 11.1. The number of rotatable bonds is 8. The van der Waals surface area contributed by atoms with E-state index in [0.717, 1.165) is 22.8 Å².